The first kappa shape index (κ1) is 19.3. The first-order chi connectivity index (χ1) is 12.6. The third-order valence-electron chi connectivity index (χ3n) is 4.81. The summed E-state index contributed by atoms with van der Waals surface area (Å²) in [6, 6.07) is 1.18. The zero-order valence-electron chi connectivity index (χ0n) is 14.2. The Kier molecular flexibility index (Phi) is 4.97. The van der Waals surface area contributed by atoms with Crippen LogP contribution in [0.3, 0.4) is 0 Å². The highest BCUT2D eigenvalue weighted by Gasteiger charge is 2.59. The second kappa shape index (κ2) is 6.94. The van der Waals surface area contributed by atoms with Crippen LogP contribution in [0.25, 0.3) is 0 Å². The molecule has 0 radical (unpaired) electrons. The van der Waals surface area contributed by atoms with Crippen LogP contribution in [0.15, 0.2) is 17.1 Å². The zero-order chi connectivity index (χ0) is 19.9. The number of nitrogens with zero attached hydrogens (tertiary/aromatic N) is 3. The van der Waals surface area contributed by atoms with E-state index in [1.54, 1.807) is 4.90 Å². The van der Waals surface area contributed by atoms with Crippen LogP contribution in [-0.4, -0.2) is 68.9 Å². The normalized spacial score (nSPS) is 31.1. The third-order valence-corrected chi connectivity index (χ3v) is 4.81. The van der Waals surface area contributed by atoms with Crippen molar-refractivity contribution in [1.29, 1.82) is 5.41 Å². The summed E-state index contributed by atoms with van der Waals surface area (Å²) < 4.78 is 34.9. The van der Waals surface area contributed by atoms with Crippen LogP contribution in [0.4, 0.5) is 14.6 Å². The van der Waals surface area contributed by atoms with Crippen LogP contribution in [0, 0.1) is 11.3 Å². The highest BCUT2D eigenvalue weighted by atomic mass is 19.3. The maximum Gasteiger partial charge on any atom is 0.351 e. The molecule has 10 nitrogen and oxygen atoms in total. The number of likely N-dealkylation sites (tertiary alicyclic amines) is 1. The average molecular weight is 386 g/mol. The molecule has 2 saturated heterocycles. The molecular weight excluding hydrogens is 366 g/mol. The molecule has 148 valence electrons. The van der Waals surface area contributed by atoms with Gasteiger partial charge in [0.2, 0.25) is 12.1 Å². The molecule has 4 atom stereocenters. The lowest BCUT2D eigenvalue weighted by atomic mass is 9.93. The Bertz CT molecular complexity index is 816. The lowest BCUT2D eigenvalue weighted by Gasteiger charge is -2.33. The first-order valence-electron chi connectivity index (χ1n) is 8.26. The second-order valence-electron chi connectivity index (χ2n) is 6.69. The molecule has 0 spiro atoms. The maximum atomic E-state index is 14.5. The Morgan fingerprint density at radius 1 is 1.52 bits per heavy atom. The number of nitrogens with two attached hydrogens (primary N) is 2. The van der Waals surface area contributed by atoms with Crippen molar-refractivity contribution in [3.63, 3.8) is 0 Å². The van der Waals surface area contributed by atoms with Crippen molar-refractivity contribution in [1.82, 2.24) is 14.5 Å². The summed E-state index contributed by atoms with van der Waals surface area (Å²) in [5, 5.41) is 17.9. The number of alkyl halides is 2. The third kappa shape index (κ3) is 3.55. The van der Waals surface area contributed by atoms with E-state index in [2.05, 4.69) is 4.98 Å². The number of rotatable bonds is 4. The molecule has 12 heteroatoms. The maximum absolute atomic E-state index is 14.5. The van der Waals surface area contributed by atoms with E-state index in [1.807, 2.05) is 0 Å². The summed E-state index contributed by atoms with van der Waals surface area (Å²) in [4.78, 5) is 28.1. The monoisotopic (exact) mass is 386 g/mol. The summed E-state index contributed by atoms with van der Waals surface area (Å²) >= 11 is 0. The van der Waals surface area contributed by atoms with E-state index in [9.17, 15) is 23.5 Å². The van der Waals surface area contributed by atoms with Gasteiger partial charge in [0.15, 0.2) is 0 Å². The minimum absolute atomic E-state index is 0.0554. The molecule has 0 bridgehead atoms. The summed E-state index contributed by atoms with van der Waals surface area (Å²) in [7, 11) is 0. The standard InChI is InChI=1S/C15H20F2N6O4/c16-15(17)11(24)9(6-22-3-1-7(12(20)25)8(18)5-22)27-13(15)23-4-2-10(19)21-14(23)26/h2,4,7,9,11,13,18,24H,1,3,5-6H2,(H2,20,25)(H2,19,21,26)/t7?,9-,11-,13-/m1/s1. The van der Waals surface area contributed by atoms with Crippen molar-refractivity contribution in [2.75, 3.05) is 25.4 Å². The quantitative estimate of drug-likeness (QED) is 0.492. The molecule has 1 unspecified atom stereocenters. The van der Waals surface area contributed by atoms with Crippen molar-refractivity contribution in [3.05, 3.63) is 22.7 Å². The number of primary amides is 1. The molecule has 2 aliphatic heterocycles. The van der Waals surface area contributed by atoms with Crippen molar-refractivity contribution in [3.8, 4) is 0 Å². The number of aromatic nitrogens is 2. The van der Waals surface area contributed by atoms with Crippen LogP contribution in [0.2, 0.25) is 0 Å². The fourth-order valence-corrected chi connectivity index (χ4v) is 3.36. The molecule has 0 aliphatic carbocycles. The summed E-state index contributed by atoms with van der Waals surface area (Å²) in [6.45, 7) is 0.292. The van der Waals surface area contributed by atoms with Crippen LogP contribution in [-0.2, 0) is 9.53 Å². The molecule has 27 heavy (non-hydrogen) atoms. The van der Waals surface area contributed by atoms with Gasteiger partial charge in [-0.1, -0.05) is 0 Å². The molecule has 3 rings (SSSR count). The zero-order valence-corrected chi connectivity index (χ0v) is 14.2. The van der Waals surface area contributed by atoms with E-state index in [-0.39, 0.29) is 31.0 Å². The number of aliphatic hydroxyl groups excluding tert-OH is 1. The van der Waals surface area contributed by atoms with E-state index >= 15 is 0 Å². The highest BCUT2D eigenvalue weighted by molar-refractivity contribution is 6.03. The average Bonchev–Trinajstić information content (AvgIpc) is 2.78. The van der Waals surface area contributed by atoms with Gasteiger partial charge < -0.3 is 26.7 Å². The summed E-state index contributed by atoms with van der Waals surface area (Å²) in [5.74, 6) is -5.13. The number of anilines is 1. The SMILES string of the molecule is N=C1CN(C[C@H]2O[C@@H](n3ccc(N)nc3=O)C(F)(F)[C@@H]2O)CCC1C(N)=O. The minimum Gasteiger partial charge on any atom is -0.384 e. The molecule has 1 aromatic heterocycles. The lowest BCUT2D eigenvalue weighted by molar-refractivity contribution is -0.140. The van der Waals surface area contributed by atoms with Crippen molar-refractivity contribution in [2.45, 2.75) is 30.8 Å². The Morgan fingerprint density at radius 2 is 2.22 bits per heavy atom. The number of nitrogens with one attached hydrogen (secondary N) is 1. The van der Waals surface area contributed by atoms with E-state index in [1.165, 1.54) is 6.07 Å². The topological polar surface area (TPSA) is 161 Å². The highest BCUT2D eigenvalue weighted by Crippen LogP contribution is 2.42. The molecular formula is C15H20F2N6O4. The van der Waals surface area contributed by atoms with Crippen LogP contribution in [0.1, 0.15) is 12.6 Å². The Labute approximate surface area is 152 Å². The number of hydrogen-bond acceptors (Lipinski definition) is 8. The number of piperidine rings is 1. The van der Waals surface area contributed by atoms with Gasteiger partial charge >= 0.3 is 11.6 Å². The number of halogens is 2. The molecule has 0 saturated carbocycles. The predicted molar refractivity (Wildman–Crippen MR) is 89.2 cm³/mol. The number of hydrogen-bond donors (Lipinski definition) is 4. The van der Waals surface area contributed by atoms with Gasteiger partial charge in [-0.25, -0.2) is 4.79 Å². The van der Waals surface area contributed by atoms with Gasteiger partial charge in [-0.15, -0.1) is 0 Å². The van der Waals surface area contributed by atoms with E-state index in [4.69, 9.17) is 21.6 Å². The van der Waals surface area contributed by atoms with Gasteiger partial charge in [-0.3, -0.25) is 14.3 Å². The molecule has 1 aromatic rings. The fraction of sp³-hybridized carbons (Fsp3) is 0.600. The molecule has 0 aromatic carbocycles. The predicted octanol–water partition coefficient (Wildman–Crippen LogP) is -1.45. The smallest absolute Gasteiger partial charge is 0.351 e. The number of carbonyl (C=O) groups excluding carboxylic acids is 1. The molecule has 1 amide bonds. The van der Waals surface area contributed by atoms with Gasteiger partial charge in [0.25, 0.3) is 0 Å². The Balaban J connectivity index is 1.74. The van der Waals surface area contributed by atoms with Crippen LogP contribution in [0.5, 0.6) is 0 Å². The van der Waals surface area contributed by atoms with Gasteiger partial charge in [-0.2, -0.15) is 13.8 Å². The van der Waals surface area contributed by atoms with Crippen molar-refractivity contribution in [2.24, 2.45) is 11.7 Å². The molecule has 3 heterocycles. The summed E-state index contributed by atoms with van der Waals surface area (Å²) in [6.07, 6.45) is -4.16. The number of carbonyl (C=O) groups is 1. The van der Waals surface area contributed by atoms with Crippen molar-refractivity contribution >= 4 is 17.4 Å². The lowest BCUT2D eigenvalue weighted by Crippen LogP contribution is -2.49. The Morgan fingerprint density at radius 3 is 2.81 bits per heavy atom. The number of aliphatic hydroxyl groups is 1. The van der Waals surface area contributed by atoms with Crippen LogP contribution < -0.4 is 17.2 Å². The summed E-state index contributed by atoms with van der Waals surface area (Å²) in [5.41, 5.74) is 9.65. The molecule has 2 aliphatic rings. The molecule has 2 fully saturated rings. The minimum atomic E-state index is -3.73. The van der Waals surface area contributed by atoms with Gasteiger partial charge in [0.1, 0.15) is 18.0 Å². The van der Waals surface area contributed by atoms with Crippen LogP contribution >= 0.6 is 0 Å². The van der Waals surface area contributed by atoms with Gasteiger partial charge in [-0.05, 0) is 19.0 Å². The fourth-order valence-electron chi connectivity index (χ4n) is 3.36. The molecule has 6 N–H and O–H groups in total. The largest absolute Gasteiger partial charge is 0.384 e. The van der Waals surface area contributed by atoms with Crippen molar-refractivity contribution < 1.29 is 23.4 Å². The van der Waals surface area contributed by atoms with Gasteiger partial charge in [0, 0.05) is 25.0 Å². The van der Waals surface area contributed by atoms with E-state index in [0.717, 1.165) is 6.20 Å². The van der Waals surface area contributed by atoms with Gasteiger partial charge in [0.05, 0.1) is 5.92 Å². The first-order valence-corrected chi connectivity index (χ1v) is 8.26. The van der Waals surface area contributed by atoms with E-state index in [0.29, 0.717) is 11.1 Å². The number of amides is 1. The van der Waals surface area contributed by atoms with E-state index < -0.39 is 41.9 Å². The number of ether oxygens (including phenoxy) is 1. The Hall–Kier alpha value is -2.44. The second-order valence-corrected chi connectivity index (χ2v) is 6.69. The number of nitrogen functional groups attached to an aromatic ring is 1.